The van der Waals surface area contributed by atoms with Crippen LogP contribution in [0.2, 0.25) is 0 Å². The maximum absolute atomic E-state index is 13.0. The lowest BCUT2D eigenvalue weighted by Crippen LogP contribution is -2.70. The van der Waals surface area contributed by atoms with Gasteiger partial charge in [0.15, 0.2) is 23.3 Å². The lowest BCUT2D eigenvalue weighted by atomic mass is 10.0. The molecule has 4 rings (SSSR count). The predicted octanol–water partition coefficient (Wildman–Crippen LogP) is 1.36. The second-order valence-corrected chi connectivity index (χ2v) is 9.39. The summed E-state index contributed by atoms with van der Waals surface area (Å²) in [6.07, 6.45) is 3.40. The lowest BCUT2D eigenvalue weighted by Gasteiger charge is -2.49. The molecule has 13 nitrogen and oxygen atoms in total. The van der Waals surface area contributed by atoms with Gasteiger partial charge in [-0.1, -0.05) is 12.2 Å². The van der Waals surface area contributed by atoms with Gasteiger partial charge in [-0.2, -0.15) is 0 Å². The number of allylic oxidation sites excluding steroid dienone is 2. The Morgan fingerprint density at radius 1 is 1.43 bits per heavy atom. The number of aromatic nitrogens is 1. The molecule has 0 aromatic carbocycles. The van der Waals surface area contributed by atoms with Gasteiger partial charge in [-0.05, 0) is 24.6 Å². The van der Waals surface area contributed by atoms with E-state index in [1.165, 1.54) is 29.0 Å². The van der Waals surface area contributed by atoms with Gasteiger partial charge in [0.05, 0.1) is 5.69 Å². The minimum absolute atomic E-state index is 0.0168. The number of nitrogens with two attached hydrogens (primary N) is 1. The van der Waals surface area contributed by atoms with E-state index >= 15 is 0 Å². The molecule has 2 aromatic heterocycles. The average molecular weight is 522 g/mol. The maximum Gasteiger partial charge on any atom is 0.519 e. The molecule has 35 heavy (non-hydrogen) atoms. The average Bonchev–Trinajstić information content (AvgIpc) is 3.39. The number of fused-ring (bicyclic) bond motifs is 1. The molecule has 1 fully saturated rings. The van der Waals surface area contributed by atoms with Crippen molar-refractivity contribution in [2.75, 3.05) is 11.5 Å². The fourth-order valence-corrected chi connectivity index (χ4v) is 5.46. The molecule has 0 bridgehead atoms. The Morgan fingerprint density at radius 2 is 2.20 bits per heavy atom. The molecule has 1 saturated heterocycles. The van der Waals surface area contributed by atoms with Crippen molar-refractivity contribution in [1.82, 2.24) is 15.2 Å². The summed E-state index contributed by atoms with van der Waals surface area (Å²) in [6, 6.07) is -2.46. The van der Waals surface area contributed by atoms with E-state index in [2.05, 4.69) is 15.5 Å². The molecule has 2 aliphatic rings. The van der Waals surface area contributed by atoms with Gasteiger partial charge in [0, 0.05) is 11.1 Å². The lowest BCUT2D eigenvalue weighted by molar-refractivity contribution is -0.153. The maximum atomic E-state index is 13.0. The molecule has 0 radical (unpaired) electrons. The van der Waals surface area contributed by atoms with Crippen LogP contribution in [0, 0.1) is 11.8 Å². The van der Waals surface area contributed by atoms with Crippen molar-refractivity contribution in [2.24, 2.45) is 5.18 Å². The second kappa shape index (κ2) is 9.87. The van der Waals surface area contributed by atoms with E-state index in [0.29, 0.717) is 11.3 Å². The predicted molar refractivity (Wildman–Crippen MR) is 124 cm³/mol. The smallest absolute Gasteiger partial charge is 0.453 e. The Kier molecular flexibility index (Phi) is 6.88. The van der Waals surface area contributed by atoms with Crippen molar-refractivity contribution in [1.29, 1.82) is 0 Å². The monoisotopic (exact) mass is 521 g/mol. The van der Waals surface area contributed by atoms with Crippen LogP contribution in [0.25, 0.3) is 0 Å². The molecular formula is C20H19N5O8S2. The first-order valence-electron chi connectivity index (χ1n) is 10.2. The molecule has 0 saturated carbocycles. The molecule has 2 aromatic rings. The Labute approximate surface area is 205 Å². The second-order valence-electron chi connectivity index (χ2n) is 7.40. The number of carbonyl (C=O) groups is 3. The van der Waals surface area contributed by atoms with Gasteiger partial charge < -0.3 is 24.6 Å². The van der Waals surface area contributed by atoms with Crippen LogP contribution in [0.15, 0.2) is 47.6 Å². The van der Waals surface area contributed by atoms with Gasteiger partial charge in [-0.15, -0.1) is 28.0 Å². The van der Waals surface area contributed by atoms with E-state index < -0.39 is 41.1 Å². The zero-order valence-electron chi connectivity index (χ0n) is 18.4. The van der Waals surface area contributed by atoms with Crippen LogP contribution >= 0.6 is 23.1 Å². The molecular weight excluding hydrogens is 502 g/mol. The number of β-lactam (4-membered cyclic amide) rings is 1. The SMILES string of the molecule is CC=CC1=C(C(=O)OCc2oc(=O)oc2C)N2C(=O)C(NC(=O)C(N=O)c3csc(N)n3)[C@@H]2SC1. The molecule has 2 aliphatic heterocycles. The number of rotatable bonds is 8. The summed E-state index contributed by atoms with van der Waals surface area (Å²) in [5.41, 5.74) is 6.21. The highest BCUT2D eigenvalue weighted by atomic mass is 32.2. The van der Waals surface area contributed by atoms with Crippen molar-refractivity contribution in [3.05, 3.63) is 61.5 Å². The van der Waals surface area contributed by atoms with Gasteiger partial charge in [-0.3, -0.25) is 14.5 Å². The summed E-state index contributed by atoms with van der Waals surface area (Å²) in [5.74, 6) is -2.52. The topological polar surface area (TPSA) is 187 Å². The Balaban J connectivity index is 1.50. The quantitative estimate of drug-likeness (QED) is 0.290. The third-order valence-electron chi connectivity index (χ3n) is 5.20. The molecule has 3 N–H and O–H groups in total. The Morgan fingerprint density at radius 3 is 2.80 bits per heavy atom. The van der Waals surface area contributed by atoms with Crippen LogP contribution in [0.4, 0.5) is 5.13 Å². The summed E-state index contributed by atoms with van der Waals surface area (Å²) in [5, 5.41) is 6.34. The Bertz CT molecular complexity index is 1310. The number of thioether (sulfide) groups is 1. The summed E-state index contributed by atoms with van der Waals surface area (Å²) < 4.78 is 14.9. The zero-order valence-corrected chi connectivity index (χ0v) is 20.0. The van der Waals surface area contributed by atoms with Crippen molar-refractivity contribution in [2.45, 2.75) is 37.9 Å². The molecule has 2 amide bonds. The molecule has 0 spiro atoms. The van der Waals surface area contributed by atoms with Gasteiger partial charge >= 0.3 is 11.8 Å². The van der Waals surface area contributed by atoms with E-state index in [-0.39, 0.29) is 34.6 Å². The van der Waals surface area contributed by atoms with Crippen LogP contribution in [0.5, 0.6) is 0 Å². The van der Waals surface area contributed by atoms with E-state index in [1.54, 1.807) is 19.1 Å². The molecule has 4 heterocycles. The van der Waals surface area contributed by atoms with Gasteiger partial charge in [0.25, 0.3) is 11.8 Å². The van der Waals surface area contributed by atoms with Crippen LogP contribution in [0.1, 0.15) is 30.2 Å². The highest BCUT2D eigenvalue weighted by Gasteiger charge is 2.54. The van der Waals surface area contributed by atoms with Crippen molar-refractivity contribution < 1.29 is 28.0 Å². The molecule has 184 valence electrons. The van der Waals surface area contributed by atoms with Gasteiger partial charge in [0.1, 0.15) is 17.1 Å². The summed E-state index contributed by atoms with van der Waals surface area (Å²) in [6.45, 7) is 2.88. The number of esters is 1. The summed E-state index contributed by atoms with van der Waals surface area (Å²) in [7, 11) is 0. The molecule has 0 aliphatic carbocycles. The number of ether oxygens (including phenoxy) is 1. The molecule has 2 unspecified atom stereocenters. The van der Waals surface area contributed by atoms with Crippen LogP contribution in [-0.2, 0) is 25.7 Å². The number of aryl methyl sites for hydroxylation is 1. The normalized spacial score (nSPS) is 20.4. The first-order chi connectivity index (χ1) is 16.7. The highest BCUT2D eigenvalue weighted by molar-refractivity contribution is 8.00. The number of thiazole rings is 1. The fourth-order valence-electron chi connectivity index (χ4n) is 3.56. The summed E-state index contributed by atoms with van der Waals surface area (Å²) in [4.78, 5) is 66.2. The summed E-state index contributed by atoms with van der Waals surface area (Å²) >= 11 is 2.38. The van der Waals surface area contributed by atoms with E-state index in [9.17, 15) is 24.1 Å². The Hall–Kier alpha value is -3.72. The fraction of sp³-hybridized carbons (Fsp3) is 0.350. The number of carbonyl (C=O) groups excluding carboxylic acids is 3. The highest BCUT2D eigenvalue weighted by Crippen LogP contribution is 2.41. The van der Waals surface area contributed by atoms with Crippen LogP contribution in [-0.4, -0.2) is 44.8 Å². The van der Waals surface area contributed by atoms with Crippen LogP contribution in [0.3, 0.4) is 0 Å². The largest absolute Gasteiger partial charge is 0.519 e. The van der Waals surface area contributed by atoms with Crippen molar-refractivity contribution in [3.63, 3.8) is 0 Å². The van der Waals surface area contributed by atoms with Crippen molar-refractivity contribution >= 4 is 46.0 Å². The number of nitrogens with zero attached hydrogens (tertiary/aromatic N) is 3. The number of nitroso groups, excluding NO2 is 1. The number of hydrogen-bond donors (Lipinski definition) is 2. The number of nitrogen functional groups attached to an aromatic ring is 1. The minimum Gasteiger partial charge on any atom is -0.453 e. The first kappa shape index (κ1) is 24.4. The van der Waals surface area contributed by atoms with Crippen molar-refractivity contribution in [3.8, 4) is 0 Å². The standard InChI is InChI=1S/C20H19N5O8S2/c1-3-4-9-6-34-17-13(23-15(26)12(24-30)10-7-35-19(21)22-10)16(27)25(17)14(9)18(28)31-5-11-8(2)32-20(29)33-11/h3-4,7,12-13,17H,5-6H2,1-2H3,(H2,21,22)(H,23,26)/t12?,13?,17-/m0/s1. The first-order valence-corrected chi connectivity index (χ1v) is 12.1. The van der Waals surface area contributed by atoms with E-state index in [0.717, 1.165) is 11.3 Å². The number of hydrogen-bond acceptors (Lipinski definition) is 13. The molecule has 3 atom stereocenters. The number of nitrogens with one attached hydrogen (secondary N) is 1. The third kappa shape index (κ3) is 4.64. The minimum atomic E-state index is -1.47. The molecule has 15 heteroatoms. The van der Waals surface area contributed by atoms with E-state index in [1.807, 2.05) is 0 Å². The number of amides is 2. The number of anilines is 1. The third-order valence-corrected chi connectivity index (χ3v) is 7.19. The zero-order chi connectivity index (χ0) is 25.3. The van der Waals surface area contributed by atoms with E-state index in [4.69, 9.17) is 19.3 Å². The van der Waals surface area contributed by atoms with Gasteiger partial charge in [0.2, 0.25) is 6.04 Å². The van der Waals surface area contributed by atoms with Gasteiger partial charge in [-0.25, -0.2) is 14.6 Å². The van der Waals surface area contributed by atoms with Crippen LogP contribution < -0.4 is 16.9 Å².